The number of methoxy groups -OCH3 is 1. The van der Waals surface area contributed by atoms with Crippen molar-refractivity contribution in [1.82, 2.24) is 0 Å². The van der Waals surface area contributed by atoms with Gasteiger partial charge >= 0.3 is 0 Å². The van der Waals surface area contributed by atoms with Crippen molar-refractivity contribution in [3.05, 3.63) is 124 Å². The average molecular weight is 711 g/mol. The minimum absolute atomic E-state index is 0.0138. The zero-order chi connectivity index (χ0) is 36.7. The fourth-order valence-corrected chi connectivity index (χ4v) is 8.41. The third-order valence-electron chi connectivity index (χ3n) is 11.4. The van der Waals surface area contributed by atoms with Crippen LogP contribution < -0.4 is 9.47 Å². The van der Waals surface area contributed by atoms with Crippen LogP contribution in [0.3, 0.4) is 0 Å². The minimum Gasteiger partial charge on any atom is -0.508 e. The maximum Gasteiger partial charge on any atom is 0.161 e. The van der Waals surface area contributed by atoms with Crippen LogP contribution in [0.15, 0.2) is 90.7 Å². The summed E-state index contributed by atoms with van der Waals surface area (Å²) in [6.45, 7) is 2.61. The monoisotopic (exact) mass is 710 g/mol. The predicted molar refractivity (Wildman–Crippen MR) is 209 cm³/mol. The summed E-state index contributed by atoms with van der Waals surface area (Å²) < 4.78 is 18.4. The average Bonchev–Trinajstić information content (AvgIpc) is 3.16. The molecule has 0 fully saturated rings. The number of carbonyl (C=O) groups excluding carboxylic acids is 1. The highest BCUT2D eigenvalue weighted by Crippen LogP contribution is 2.43. The maximum atomic E-state index is 13.6. The first-order valence-electron chi connectivity index (χ1n) is 19.2. The van der Waals surface area contributed by atoms with E-state index in [2.05, 4.69) is 61.4 Å². The summed E-state index contributed by atoms with van der Waals surface area (Å²) in [5.74, 6) is 5.64. The van der Waals surface area contributed by atoms with Crippen LogP contribution in [0.25, 0.3) is 10.8 Å². The summed E-state index contributed by atoms with van der Waals surface area (Å²) in [4.78, 5) is 13.6. The second-order valence-corrected chi connectivity index (χ2v) is 15.0. The van der Waals surface area contributed by atoms with E-state index < -0.39 is 6.10 Å². The number of ketones is 1. The number of aliphatic hydroxyl groups excluding tert-OH is 1. The molecule has 4 aliphatic rings. The van der Waals surface area contributed by atoms with Gasteiger partial charge in [-0.05, 0) is 132 Å². The van der Waals surface area contributed by atoms with Crippen LogP contribution >= 0.6 is 0 Å². The molecule has 0 saturated carbocycles. The van der Waals surface area contributed by atoms with Crippen LogP contribution in [-0.4, -0.2) is 29.2 Å². The minimum atomic E-state index is -0.451. The van der Waals surface area contributed by atoms with Crippen molar-refractivity contribution in [2.75, 3.05) is 7.11 Å². The van der Waals surface area contributed by atoms with Gasteiger partial charge in [0.2, 0.25) is 0 Å². The Bertz CT molecular complexity index is 2070. The number of aromatic hydroxyl groups is 1. The van der Waals surface area contributed by atoms with E-state index in [4.69, 9.17) is 14.2 Å². The van der Waals surface area contributed by atoms with Crippen LogP contribution in [0, 0.1) is 23.9 Å². The highest BCUT2D eigenvalue weighted by Gasteiger charge is 2.28. The second kappa shape index (κ2) is 16.7. The molecule has 0 saturated heterocycles. The normalized spacial score (nSPS) is 21.4. The molecule has 0 radical (unpaired) electrons. The number of ether oxygens (including phenoxy) is 3. The number of Topliss-reactive ketones (excluding diaryl/α,β-unsaturated/α-hetero) is 1. The summed E-state index contributed by atoms with van der Waals surface area (Å²) in [6.07, 6.45) is 16.4. The molecule has 274 valence electrons. The quantitative estimate of drug-likeness (QED) is 0.140. The number of allylic oxidation sites excluding steroid dienone is 3. The topological polar surface area (TPSA) is 85.2 Å². The lowest BCUT2D eigenvalue weighted by molar-refractivity contribution is -0.121. The van der Waals surface area contributed by atoms with Crippen LogP contribution in [0.5, 0.6) is 17.2 Å². The Morgan fingerprint density at radius 3 is 2.66 bits per heavy atom. The molecule has 6 nitrogen and oxygen atoms in total. The van der Waals surface area contributed by atoms with Gasteiger partial charge in [0, 0.05) is 24.8 Å². The molecule has 0 amide bonds. The molecule has 2 heterocycles. The number of phenols is 1. The van der Waals surface area contributed by atoms with Crippen molar-refractivity contribution in [2.45, 2.75) is 96.2 Å². The smallest absolute Gasteiger partial charge is 0.161 e. The van der Waals surface area contributed by atoms with Crippen LogP contribution in [0.2, 0.25) is 0 Å². The molecule has 0 spiro atoms. The molecule has 4 aromatic rings. The van der Waals surface area contributed by atoms with Crippen molar-refractivity contribution in [1.29, 1.82) is 0 Å². The molecule has 0 unspecified atom stereocenters. The number of fused-ring (bicyclic) bond motifs is 9. The molecular formula is C47H50O6. The van der Waals surface area contributed by atoms with Crippen LogP contribution in [0.4, 0.5) is 0 Å². The number of rotatable bonds is 8. The van der Waals surface area contributed by atoms with Crippen molar-refractivity contribution in [3.63, 3.8) is 0 Å². The number of hydrogen-bond acceptors (Lipinski definition) is 6. The molecule has 2 aliphatic heterocycles. The standard InChI is InChI=1S/C47H50O6/c1-31-14-21-40-35-18-22-42-41(44(50)29-43(31)47(40)42)13-8-24-52-39(28-38(49)19-15-33-16-23-45(51-2)46(25-33)53-30-35)27-36-26-37(48)20-17-34(36)12-7-6-11-32-9-4-3-5-10-32/h3-5,9-10,16-18,20,22-23,25-26,29,31,34,36,39,48,50H,6-7,11-15,19,21,27-28,30H2,1-2H3/t31-,34+,36+,39-/m0/s1. The Balaban J connectivity index is 1.16. The number of aryl methyl sites for hydroxylation is 3. The van der Waals surface area contributed by atoms with E-state index in [0.29, 0.717) is 49.7 Å². The lowest BCUT2D eigenvalue weighted by Crippen LogP contribution is -2.24. The first-order chi connectivity index (χ1) is 25.9. The van der Waals surface area contributed by atoms with Gasteiger partial charge in [-0.1, -0.05) is 73.9 Å². The molecular weight excluding hydrogens is 661 g/mol. The molecule has 0 aromatic heterocycles. The van der Waals surface area contributed by atoms with E-state index in [9.17, 15) is 15.0 Å². The van der Waals surface area contributed by atoms with E-state index >= 15 is 0 Å². The second-order valence-electron chi connectivity index (χ2n) is 15.0. The summed E-state index contributed by atoms with van der Waals surface area (Å²) in [6, 6.07) is 22.6. The van der Waals surface area contributed by atoms with Gasteiger partial charge in [0.05, 0.1) is 7.11 Å². The molecule has 6 bridgehead atoms. The zero-order valence-electron chi connectivity index (χ0n) is 30.9. The van der Waals surface area contributed by atoms with E-state index in [-0.39, 0.29) is 35.5 Å². The molecule has 6 heteroatoms. The third kappa shape index (κ3) is 8.57. The van der Waals surface area contributed by atoms with Crippen molar-refractivity contribution >= 4 is 16.6 Å². The number of unbranched alkanes of at least 4 members (excludes halogenated alkanes) is 1. The van der Waals surface area contributed by atoms with Crippen molar-refractivity contribution in [3.8, 4) is 29.3 Å². The number of hydrogen-bond donors (Lipinski definition) is 2. The SMILES string of the molecule is COc1ccc2cc1OCc1ccc3c(c(O)cc4c3c1CC[C@@H]4C)CC#CO[C@@H](C[C@H]1C=C(O)C=C[C@H]1CCCCc1ccccc1)CC(=O)CC2. The van der Waals surface area contributed by atoms with Gasteiger partial charge in [0.15, 0.2) is 11.5 Å². The first kappa shape index (κ1) is 36.2. The summed E-state index contributed by atoms with van der Waals surface area (Å²) >= 11 is 0. The number of carbonyl (C=O) groups is 1. The summed E-state index contributed by atoms with van der Waals surface area (Å²) in [7, 11) is 1.64. The Hall–Kier alpha value is -5.15. The van der Waals surface area contributed by atoms with E-state index in [1.165, 1.54) is 16.5 Å². The lowest BCUT2D eigenvalue weighted by atomic mass is 9.79. The Morgan fingerprint density at radius 2 is 1.81 bits per heavy atom. The molecule has 4 atom stereocenters. The summed E-state index contributed by atoms with van der Waals surface area (Å²) in [5, 5.41) is 24.0. The van der Waals surface area contributed by atoms with Gasteiger partial charge in [0.1, 0.15) is 36.1 Å². The number of aliphatic hydroxyl groups is 1. The largest absolute Gasteiger partial charge is 0.508 e. The fourth-order valence-electron chi connectivity index (χ4n) is 8.41. The zero-order valence-corrected chi connectivity index (χ0v) is 30.9. The van der Waals surface area contributed by atoms with Gasteiger partial charge in [-0.3, -0.25) is 4.79 Å². The van der Waals surface area contributed by atoms with Crippen molar-refractivity contribution < 1.29 is 29.2 Å². The molecule has 8 rings (SSSR count). The number of phenolic OH excluding ortho intramolecular Hbond substituents is 1. The van der Waals surface area contributed by atoms with Crippen LogP contribution in [-0.2, 0) is 41.8 Å². The Labute approximate surface area is 313 Å². The van der Waals surface area contributed by atoms with E-state index in [0.717, 1.165) is 66.2 Å². The van der Waals surface area contributed by atoms with E-state index in [1.807, 2.05) is 36.4 Å². The molecule has 53 heavy (non-hydrogen) atoms. The highest BCUT2D eigenvalue weighted by atomic mass is 16.5. The van der Waals surface area contributed by atoms with Crippen LogP contribution in [0.1, 0.15) is 91.2 Å². The predicted octanol–water partition coefficient (Wildman–Crippen LogP) is 10.0. The van der Waals surface area contributed by atoms with Gasteiger partial charge < -0.3 is 24.4 Å². The molecule has 2 aliphatic carbocycles. The maximum absolute atomic E-state index is 13.6. The fraction of sp³-hybridized carbons (Fsp3) is 0.383. The van der Waals surface area contributed by atoms with Gasteiger partial charge in [-0.2, -0.15) is 0 Å². The molecule has 4 aromatic carbocycles. The first-order valence-corrected chi connectivity index (χ1v) is 19.2. The molecule has 2 N–H and O–H groups in total. The van der Waals surface area contributed by atoms with Gasteiger partial charge in [0.25, 0.3) is 0 Å². The third-order valence-corrected chi connectivity index (χ3v) is 11.4. The summed E-state index contributed by atoms with van der Waals surface area (Å²) in [5.41, 5.74) is 6.66. The Morgan fingerprint density at radius 1 is 0.943 bits per heavy atom. The lowest BCUT2D eigenvalue weighted by Gasteiger charge is -2.28. The van der Waals surface area contributed by atoms with Crippen molar-refractivity contribution in [2.24, 2.45) is 11.8 Å². The van der Waals surface area contributed by atoms with E-state index in [1.54, 1.807) is 13.2 Å². The number of benzene rings is 4. The Kier molecular flexibility index (Phi) is 11.4. The van der Waals surface area contributed by atoms with Gasteiger partial charge in [-0.25, -0.2) is 0 Å². The van der Waals surface area contributed by atoms with Gasteiger partial charge in [-0.15, -0.1) is 0 Å². The highest BCUT2D eigenvalue weighted by molar-refractivity contribution is 5.95.